The molecule has 0 spiro atoms. The molecule has 1 saturated heterocycles. The zero-order chi connectivity index (χ0) is 47.9. The van der Waals surface area contributed by atoms with Crippen LogP contribution in [-0.2, 0) is 46.0 Å². The number of cyclic esters (lactones) is 1. The molecule has 1 fully saturated rings. The molecule has 17 heteroatoms. The van der Waals surface area contributed by atoms with Crippen LogP contribution in [0, 0.1) is 5.41 Å². The van der Waals surface area contributed by atoms with Crippen molar-refractivity contribution in [2.24, 2.45) is 5.73 Å². The van der Waals surface area contributed by atoms with Gasteiger partial charge in [-0.15, -0.1) is 0 Å². The molecule has 3 aliphatic heterocycles. The van der Waals surface area contributed by atoms with Crippen molar-refractivity contribution < 1.29 is 39.2 Å². The first kappa shape index (κ1) is 47.0. The second-order valence-corrected chi connectivity index (χ2v) is 18.2. The topological polar surface area (TPSA) is 228 Å². The number of amidine groups is 1. The third kappa shape index (κ3) is 9.02. The summed E-state index contributed by atoms with van der Waals surface area (Å²) in [5.74, 6) is -1.53. The van der Waals surface area contributed by atoms with Crippen LogP contribution in [0.4, 0.5) is 15.3 Å². The van der Waals surface area contributed by atoms with E-state index in [0.29, 0.717) is 55.1 Å². The number of fused-ring (bicyclic) bond motifs is 5. The van der Waals surface area contributed by atoms with Crippen molar-refractivity contribution in [3.63, 3.8) is 0 Å². The number of pyridine rings is 2. The van der Waals surface area contributed by atoms with E-state index in [9.17, 15) is 34.5 Å². The van der Waals surface area contributed by atoms with Crippen molar-refractivity contribution in [3.05, 3.63) is 102 Å². The maximum Gasteiger partial charge on any atom is 0.410 e. The van der Waals surface area contributed by atoms with Gasteiger partial charge in [0.2, 0.25) is 0 Å². The standard InChI is InChI=1S/C50H60N8O9/c1-6-33-35-22-32(14-15-40(35)53-44-37(33)27-57-41(44)24-39-38(46(57)61)28-66-47(62)50(39,65)7-2)67-49(64)54(5)16-8-9-17-55-18-20-56(21-19-55)26-30-10-12-31(13-11-30)58(48(52)63)45(51)36-23-34(29(3)4)42(59)25-43(36)60/h10-13,15,22-25,29,32,51,59-60,65H,6-9,14,16-21,26-28H2,1-5H3,(H2,52,63). The maximum absolute atomic E-state index is 13.7. The van der Waals surface area contributed by atoms with E-state index in [1.54, 1.807) is 41.6 Å². The van der Waals surface area contributed by atoms with Crippen LogP contribution < -0.4 is 26.8 Å². The Labute approximate surface area is 388 Å². The van der Waals surface area contributed by atoms with E-state index in [1.807, 2.05) is 45.1 Å². The number of anilines is 1. The van der Waals surface area contributed by atoms with Crippen molar-refractivity contribution in [3.8, 4) is 22.9 Å². The van der Waals surface area contributed by atoms with Crippen molar-refractivity contribution in [2.75, 3.05) is 51.2 Å². The summed E-state index contributed by atoms with van der Waals surface area (Å²) in [6, 6.07) is 10.8. The number of phenols is 2. The molecular formula is C50H60N8O9. The number of benzene rings is 2. The number of hydrogen-bond acceptors (Lipinski definition) is 13. The number of phenolic OH excluding ortho intramolecular Hbond substituents is 2. The number of aromatic nitrogens is 2. The molecule has 67 heavy (non-hydrogen) atoms. The van der Waals surface area contributed by atoms with Crippen LogP contribution in [0.25, 0.3) is 23.5 Å². The van der Waals surface area contributed by atoms with Gasteiger partial charge in [-0.2, -0.15) is 0 Å². The van der Waals surface area contributed by atoms with Crippen LogP contribution in [0.5, 0.6) is 11.5 Å². The summed E-state index contributed by atoms with van der Waals surface area (Å²) < 4.78 is 12.8. The molecule has 8 rings (SSSR count). The van der Waals surface area contributed by atoms with Gasteiger partial charge >= 0.3 is 18.1 Å². The number of esters is 1. The lowest BCUT2D eigenvalue weighted by atomic mass is 9.86. The maximum atomic E-state index is 13.7. The fourth-order valence-corrected chi connectivity index (χ4v) is 9.72. The van der Waals surface area contributed by atoms with Crippen molar-refractivity contribution in [1.29, 1.82) is 5.41 Å². The normalized spacial score (nSPS) is 18.7. The van der Waals surface area contributed by atoms with E-state index in [4.69, 9.17) is 25.6 Å². The highest BCUT2D eigenvalue weighted by molar-refractivity contribution is 6.22. The third-order valence-electron chi connectivity index (χ3n) is 13.6. The SMILES string of the molecule is CCc1c2c(nc3c1=CC(OC(=O)N(C)CCCCN1CCN(Cc4ccc(N(C(=N)c5cc(C(C)C)c(O)cc5O)C(N)=O)cc4)CC1)CC=3)-c1cc3c(c(=O)n1C2)COC(=O)C3(O)CC. The van der Waals surface area contributed by atoms with E-state index in [-0.39, 0.29) is 58.5 Å². The molecule has 0 bridgehead atoms. The van der Waals surface area contributed by atoms with Crippen LogP contribution in [0.2, 0.25) is 0 Å². The molecule has 0 radical (unpaired) electrons. The number of nitrogens with zero attached hydrogens (tertiary/aromatic N) is 6. The molecule has 2 unspecified atom stereocenters. The Morgan fingerprint density at radius 2 is 1.73 bits per heavy atom. The molecule has 4 aliphatic rings. The summed E-state index contributed by atoms with van der Waals surface area (Å²) in [4.78, 5) is 64.6. The van der Waals surface area contributed by atoms with Gasteiger partial charge in [-0.1, -0.05) is 45.9 Å². The average molecular weight is 917 g/mol. The monoisotopic (exact) mass is 916 g/mol. The number of amides is 3. The number of unbranched alkanes of at least 4 members (excludes halogenated alkanes) is 1. The quantitative estimate of drug-likeness (QED) is 0.0490. The fraction of sp³-hybridized carbons (Fsp3) is 0.440. The van der Waals surface area contributed by atoms with Crippen molar-refractivity contribution in [1.82, 2.24) is 24.3 Å². The zero-order valence-corrected chi connectivity index (χ0v) is 38.8. The molecular weight excluding hydrogens is 857 g/mol. The molecule has 17 nitrogen and oxygen atoms in total. The van der Waals surface area contributed by atoms with E-state index in [0.717, 1.165) is 77.7 Å². The summed E-state index contributed by atoms with van der Waals surface area (Å²) in [7, 11) is 1.76. The lowest BCUT2D eigenvalue weighted by Gasteiger charge is -2.35. The van der Waals surface area contributed by atoms with E-state index in [2.05, 4.69) is 9.80 Å². The predicted molar refractivity (Wildman–Crippen MR) is 252 cm³/mol. The second-order valence-electron chi connectivity index (χ2n) is 18.2. The molecule has 2 aromatic heterocycles. The number of primary amides is 1. The number of carbonyl (C=O) groups is 3. The summed E-state index contributed by atoms with van der Waals surface area (Å²) in [5, 5.41) is 42.4. The van der Waals surface area contributed by atoms with Crippen LogP contribution in [-0.4, -0.2) is 116 Å². The molecule has 2 aromatic carbocycles. The number of aromatic hydroxyl groups is 2. The summed E-state index contributed by atoms with van der Waals surface area (Å²) >= 11 is 0. The minimum absolute atomic E-state index is 0.0711. The first-order chi connectivity index (χ1) is 32.0. The number of nitrogens with two attached hydrogens (primary N) is 1. The van der Waals surface area contributed by atoms with Gasteiger partial charge in [-0.05, 0) is 85.2 Å². The Morgan fingerprint density at radius 3 is 2.40 bits per heavy atom. The Hall–Kier alpha value is -6.56. The zero-order valence-electron chi connectivity index (χ0n) is 38.8. The van der Waals surface area contributed by atoms with Crippen LogP contribution in [0.1, 0.15) is 98.2 Å². The minimum atomic E-state index is -1.90. The van der Waals surface area contributed by atoms with Gasteiger partial charge in [0, 0.05) is 75.1 Å². The van der Waals surface area contributed by atoms with Gasteiger partial charge < -0.3 is 44.9 Å². The largest absolute Gasteiger partial charge is 0.508 e. The second kappa shape index (κ2) is 19.0. The van der Waals surface area contributed by atoms with Crippen LogP contribution in [0.15, 0.2) is 47.3 Å². The predicted octanol–water partition coefficient (Wildman–Crippen LogP) is 3.93. The Kier molecular flexibility index (Phi) is 13.3. The number of carbonyl (C=O) groups excluding carboxylic acids is 3. The smallest absolute Gasteiger partial charge is 0.410 e. The summed E-state index contributed by atoms with van der Waals surface area (Å²) in [5.41, 5.74) is 9.29. The average Bonchev–Trinajstić information content (AvgIpc) is 3.67. The third-order valence-corrected chi connectivity index (χ3v) is 13.6. The van der Waals surface area contributed by atoms with E-state index in [1.165, 1.54) is 12.1 Å². The van der Waals surface area contributed by atoms with Gasteiger partial charge in [-0.25, -0.2) is 24.3 Å². The van der Waals surface area contributed by atoms with Gasteiger partial charge in [0.15, 0.2) is 5.60 Å². The highest BCUT2D eigenvalue weighted by Crippen LogP contribution is 2.38. The lowest BCUT2D eigenvalue weighted by molar-refractivity contribution is -0.172. The van der Waals surface area contributed by atoms with Crippen LogP contribution in [0.3, 0.4) is 0 Å². The number of aliphatic hydroxyl groups is 1. The van der Waals surface area contributed by atoms with Crippen LogP contribution >= 0.6 is 0 Å². The number of nitrogens with one attached hydrogen (secondary N) is 1. The number of urea groups is 1. The molecule has 1 aliphatic carbocycles. The van der Waals surface area contributed by atoms with Gasteiger partial charge in [0.05, 0.1) is 40.1 Å². The summed E-state index contributed by atoms with van der Waals surface area (Å²) in [6.07, 6.45) is 5.98. The Bertz CT molecular complexity index is 2820. The highest BCUT2D eigenvalue weighted by atomic mass is 16.6. The Balaban J connectivity index is 0.804. The van der Waals surface area contributed by atoms with Gasteiger partial charge in [0.1, 0.15) is 30.0 Å². The number of ether oxygens (including phenoxy) is 2. The van der Waals surface area contributed by atoms with Gasteiger partial charge in [0.25, 0.3) is 5.56 Å². The highest BCUT2D eigenvalue weighted by Gasteiger charge is 2.45. The molecule has 3 amide bonds. The molecule has 5 heterocycles. The van der Waals surface area contributed by atoms with Crippen molar-refractivity contribution >= 4 is 41.8 Å². The number of piperazine rings is 1. The summed E-state index contributed by atoms with van der Waals surface area (Å²) in [6.45, 7) is 13.4. The van der Waals surface area contributed by atoms with Gasteiger partial charge in [-0.3, -0.25) is 15.1 Å². The molecule has 4 aromatic rings. The molecule has 0 saturated carbocycles. The number of hydrogen-bond donors (Lipinski definition) is 5. The number of rotatable bonds is 13. The fourth-order valence-electron chi connectivity index (χ4n) is 9.72. The van der Waals surface area contributed by atoms with E-state index < -0.39 is 29.8 Å². The minimum Gasteiger partial charge on any atom is -0.508 e. The lowest BCUT2D eigenvalue weighted by Crippen LogP contribution is -2.46. The molecule has 2 atom stereocenters. The first-order valence-corrected chi connectivity index (χ1v) is 23.1. The van der Waals surface area contributed by atoms with E-state index >= 15 is 0 Å². The van der Waals surface area contributed by atoms with Crippen molar-refractivity contribution in [2.45, 2.75) is 97.1 Å². The first-order valence-electron chi connectivity index (χ1n) is 23.1. The Morgan fingerprint density at radius 1 is 1.01 bits per heavy atom. The molecule has 6 N–H and O–H groups in total. The molecule has 354 valence electrons.